The predicted molar refractivity (Wildman–Crippen MR) is 100 cm³/mol. The first-order valence-corrected chi connectivity index (χ1v) is 10.2. The summed E-state index contributed by atoms with van der Waals surface area (Å²) in [6.07, 6.45) is 2.08. The van der Waals surface area contributed by atoms with Gasteiger partial charge in [-0.3, -0.25) is 0 Å². The maximum absolute atomic E-state index is 13.8. The van der Waals surface area contributed by atoms with Gasteiger partial charge in [0.1, 0.15) is 38.0 Å². The van der Waals surface area contributed by atoms with E-state index in [1.54, 1.807) is 33.7 Å². The zero-order valence-electron chi connectivity index (χ0n) is 15.1. The number of likely N-dealkylation sites (N-methyl/N-ethyl adjacent to an activating group) is 1. The van der Waals surface area contributed by atoms with E-state index >= 15 is 0 Å². The molecule has 4 heteroatoms. The van der Waals surface area contributed by atoms with Crippen molar-refractivity contribution in [2.24, 2.45) is 0 Å². The van der Waals surface area contributed by atoms with Gasteiger partial charge in [0.25, 0.3) is 0 Å². The van der Waals surface area contributed by atoms with E-state index in [4.69, 9.17) is 0 Å². The first-order chi connectivity index (χ1) is 12.1. The Balaban J connectivity index is 1.77. The largest absolute Gasteiger partial charge is 0.328 e. The number of nitrogens with one attached hydrogen (secondary N) is 2. The molecule has 2 aromatic rings. The Kier molecular flexibility index (Phi) is 4.85. The molecule has 2 aliphatic rings. The molecule has 2 nitrogen and oxygen atoms in total. The summed E-state index contributed by atoms with van der Waals surface area (Å²) >= 11 is 1.75. The molecule has 0 radical (unpaired) electrons. The van der Waals surface area contributed by atoms with E-state index < -0.39 is 0 Å². The van der Waals surface area contributed by atoms with Crippen LogP contribution < -0.4 is 9.80 Å². The van der Waals surface area contributed by atoms with Crippen LogP contribution in [0.25, 0.3) is 0 Å². The Morgan fingerprint density at radius 3 is 2.60 bits per heavy atom. The second-order valence-corrected chi connectivity index (χ2v) is 8.54. The molecule has 0 aromatic heterocycles. The van der Waals surface area contributed by atoms with E-state index in [1.165, 1.54) is 47.8 Å². The molecule has 0 aliphatic carbocycles. The SMILES string of the molecule is CCc1ccc2c(c1)[C@@H]([NH+]1CC[NH+](C)CC1)Cc1ccc(F)cc1S2. The minimum atomic E-state index is -0.132. The number of benzene rings is 2. The van der Waals surface area contributed by atoms with Crippen molar-refractivity contribution in [3.8, 4) is 0 Å². The summed E-state index contributed by atoms with van der Waals surface area (Å²) in [4.78, 5) is 5.73. The fourth-order valence-corrected chi connectivity index (χ4v) is 5.28. The number of piperazine rings is 1. The normalized spacial score (nSPS) is 25.8. The lowest BCUT2D eigenvalue weighted by atomic mass is 9.95. The molecule has 4 rings (SSSR count). The summed E-state index contributed by atoms with van der Waals surface area (Å²) < 4.78 is 13.8. The minimum absolute atomic E-state index is 0.132. The van der Waals surface area contributed by atoms with Crippen LogP contribution >= 0.6 is 11.8 Å². The van der Waals surface area contributed by atoms with E-state index in [1.807, 2.05) is 6.07 Å². The zero-order valence-corrected chi connectivity index (χ0v) is 15.9. The molecule has 132 valence electrons. The number of rotatable bonds is 2. The molecule has 1 saturated heterocycles. The summed E-state index contributed by atoms with van der Waals surface area (Å²) in [5.41, 5.74) is 4.17. The third-order valence-corrected chi connectivity index (χ3v) is 6.96. The molecular weight excluding hydrogens is 331 g/mol. The van der Waals surface area contributed by atoms with Crippen LogP contribution in [-0.4, -0.2) is 33.2 Å². The highest BCUT2D eigenvalue weighted by atomic mass is 32.2. The van der Waals surface area contributed by atoms with Crippen LogP contribution in [0.5, 0.6) is 0 Å². The van der Waals surface area contributed by atoms with Crippen molar-refractivity contribution < 1.29 is 14.2 Å². The third-order valence-electron chi connectivity index (χ3n) is 5.77. The molecule has 0 unspecified atom stereocenters. The lowest BCUT2D eigenvalue weighted by Crippen LogP contribution is -3.27. The van der Waals surface area contributed by atoms with Crippen molar-refractivity contribution in [3.63, 3.8) is 0 Å². The van der Waals surface area contributed by atoms with Crippen LogP contribution in [0.15, 0.2) is 46.2 Å². The van der Waals surface area contributed by atoms with Crippen molar-refractivity contribution >= 4 is 11.8 Å². The molecule has 2 aliphatic heterocycles. The second kappa shape index (κ2) is 7.10. The van der Waals surface area contributed by atoms with Gasteiger partial charge in [0.05, 0.1) is 7.05 Å². The highest BCUT2D eigenvalue weighted by molar-refractivity contribution is 7.99. The highest BCUT2D eigenvalue weighted by Gasteiger charge is 2.33. The standard InChI is InChI=1S/C21H25FN2S/c1-3-15-4-7-20-18(12-15)19(24-10-8-23(2)9-11-24)13-16-5-6-17(22)14-21(16)25-20/h4-7,12,14,19H,3,8-11,13H2,1-2H3/p+2/t19-/m0/s1. The summed E-state index contributed by atoms with van der Waals surface area (Å²) in [7, 11) is 2.29. The van der Waals surface area contributed by atoms with Gasteiger partial charge in [-0.15, -0.1) is 0 Å². The highest BCUT2D eigenvalue weighted by Crippen LogP contribution is 2.40. The maximum atomic E-state index is 13.8. The molecule has 1 atom stereocenters. The fraction of sp³-hybridized carbons (Fsp3) is 0.429. The smallest absolute Gasteiger partial charge is 0.127 e. The fourth-order valence-electron chi connectivity index (χ4n) is 4.13. The molecule has 0 bridgehead atoms. The zero-order chi connectivity index (χ0) is 17.4. The van der Waals surface area contributed by atoms with E-state index in [-0.39, 0.29) is 5.82 Å². The quantitative estimate of drug-likeness (QED) is 0.828. The van der Waals surface area contributed by atoms with Gasteiger partial charge in [-0.05, 0) is 41.8 Å². The predicted octanol–water partition coefficient (Wildman–Crippen LogP) is 1.55. The summed E-state index contributed by atoms with van der Waals surface area (Å²) in [6, 6.07) is 12.7. The van der Waals surface area contributed by atoms with Gasteiger partial charge in [0, 0.05) is 21.8 Å². The Hall–Kier alpha value is -1.36. The van der Waals surface area contributed by atoms with Crippen LogP contribution in [0.3, 0.4) is 0 Å². The Morgan fingerprint density at radius 1 is 1.04 bits per heavy atom. The number of aryl methyl sites for hydroxylation is 1. The minimum Gasteiger partial charge on any atom is -0.328 e. The molecule has 2 aromatic carbocycles. The topological polar surface area (TPSA) is 8.88 Å². The van der Waals surface area contributed by atoms with Crippen LogP contribution in [-0.2, 0) is 12.8 Å². The van der Waals surface area contributed by atoms with Crippen molar-refractivity contribution in [1.29, 1.82) is 0 Å². The van der Waals surface area contributed by atoms with Crippen LogP contribution in [0.4, 0.5) is 4.39 Å². The van der Waals surface area contributed by atoms with Crippen molar-refractivity contribution in [2.75, 3.05) is 33.2 Å². The average Bonchev–Trinajstić information content (AvgIpc) is 2.78. The van der Waals surface area contributed by atoms with Crippen molar-refractivity contribution in [1.82, 2.24) is 0 Å². The molecule has 2 heterocycles. The number of halogens is 1. The summed E-state index contributed by atoms with van der Waals surface area (Å²) in [5.74, 6) is -0.132. The lowest BCUT2D eigenvalue weighted by molar-refractivity contribution is -1.02. The number of hydrogen-bond acceptors (Lipinski definition) is 1. The number of hydrogen-bond donors (Lipinski definition) is 2. The Morgan fingerprint density at radius 2 is 1.84 bits per heavy atom. The molecule has 0 spiro atoms. The molecule has 1 fully saturated rings. The second-order valence-electron chi connectivity index (χ2n) is 7.45. The Bertz CT molecular complexity index is 768. The van der Waals surface area contributed by atoms with Gasteiger partial charge in [-0.1, -0.05) is 30.8 Å². The van der Waals surface area contributed by atoms with Gasteiger partial charge in [0.15, 0.2) is 0 Å². The van der Waals surface area contributed by atoms with E-state index in [2.05, 4.69) is 32.2 Å². The Labute approximate surface area is 154 Å². The molecule has 0 saturated carbocycles. The van der Waals surface area contributed by atoms with Gasteiger partial charge in [0.2, 0.25) is 0 Å². The first-order valence-electron chi connectivity index (χ1n) is 9.39. The van der Waals surface area contributed by atoms with Gasteiger partial charge >= 0.3 is 0 Å². The van der Waals surface area contributed by atoms with Gasteiger partial charge in [-0.2, -0.15) is 0 Å². The van der Waals surface area contributed by atoms with Crippen LogP contribution in [0.1, 0.15) is 29.7 Å². The van der Waals surface area contributed by atoms with Crippen LogP contribution in [0, 0.1) is 5.82 Å². The number of fused-ring (bicyclic) bond motifs is 2. The van der Waals surface area contributed by atoms with Crippen molar-refractivity contribution in [2.45, 2.75) is 35.6 Å². The molecule has 0 amide bonds. The number of quaternary nitrogens is 2. The van der Waals surface area contributed by atoms with Crippen LogP contribution in [0.2, 0.25) is 0 Å². The summed E-state index contributed by atoms with van der Waals surface area (Å²) in [6.45, 7) is 7.12. The maximum Gasteiger partial charge on any atom is 0.127 e. The first kappa shape index (κ1) is 17.1. The monoisotopic (exact) mass is 358 g/mol. The molecular formula is C21H27FN2S+2. The van der Waals surface area contributed by atoms with Gasteiger partial charge < -0.3 is 9.80 Å². The lowest BCUT2D eigenvalue weighted by Gasteiger charge is -2.33. The van der Waals surface area contributed by atoms with Crippen molar-refractivity contribution in [3.05, 3.63) is 58.9 Å². The van der Waals surface area contributed by atoms with E-state index in [9.17, 15) is 4.39 Å². The molecule has 25 heavy (non-hydrogen) atoms. The average molecular weight is 359 g/mol. The summed E-state index contributed by atoms with van der Waals surface area (Å²) in [5, 5.41) is 0. The van der Waals surface area contributed by atoms with E-state index in [0.29, 0.717) is 6.04 Å². The third kappa shape index (κ3) is 3.48. The molecule has 2 N–H and O–H groups in total. The van der Waals surface area contributed by atoms with E-state index in [0.717, 1.165) is 17.7 Å². The van der Waals surface area contributed by atoms with Gasteiger partial charge in [-0.25, -0.2) is 4.39 Å².